The lowest BCUT2D eigenvalue weighted by Gasteiger charge is -2.12. The van der Waals surface area contributed by atoms with Crippen molar-refractivity contribution >= 4 is 17.6 Å². The topological polar surface area (TPSA) is 64.6 Å². The van der Waals surface area contributed by atoms with Crippen molar-refractivity contribution in [2.24, 2.45) is 0 Å². The molecule has 0 fully saturated rings. The number of methoxy groups -OCH3 is 1. The number of anilines is 1. The predicted molar refractivity (Wildman–Crippen MR) is 102 cm³/mol. The van der Waals surface area contributed by atoms with Gasteiger partial charge in [0.2, 0.25) is 5.91 Å². The number of esters is 1. The Morgan fingerprint density at radius 2 is 1.81 bits per heavy atom. The van der Waals surface area contributed by atoms with E-state index in [0.717, 1.165) is 23.3 Å². The number of carbonyl (C=O) groups excluding carboxylic acids is 2. The van der Waals surface area contributed by atoms with Crippen molar-refractivity contribution in [1.82, 2.24) is 0 Å². The van der Waals surface area contributed by atoms with Gasteiger partial charge in [-0.15, -0.1) is 0 Å². The number of benzene rings is 2. The summed E-state index contributed by atoms with van der Waals surface area (Å²) < 4.78 is 10.4. The Hall–Kier alpha value is -2.82. The first-order valence-electron chi connectivity index (χ1n) is 8.68. The number of aryl methyl sites for hydroxylation is 2. The van der Waals surface area contributed by atoms with Crippen LogP contribution in [0.25, 0.3) is 0 Å². The predicted octanol–water partition coefficient (Wildman–Crippen LogP) is 4.28. The fourth-order valence-corrected chi connectivity index (χ4v) is 2.60. The summed E-state index contributed by atoms with van der Waals surface area (Å²) in [5, 5.41) is 2.83. The minimum Gasteiger partial charge on any atom is -0.494 e. The highest BCUT2D eigenvalue weighted by molar-refractivity contribution is 6.02. The summed E-state index contributed by atoms with van der Waals surface area (Å²) in [5.74, 6) is 0.257. The van der Waals surface area contributed by atoms with Gasteiger partial charge in [0.15, 0.2) is 0 Å². The second-order valence-electron chi connectivity index (χ2n) is 6.16. The summed E-state index contributed by atoms with van der Waals surface area (Å²) in [6, 6.07) is 13.1. The Bertz CT molecular complexity index is 770. The molecule has 138 valence electrons. The third kappa shape index (κ3) is 5.62. The van der Waals surface area contributed by atoms with E-state index < -0.39 is 5.97 Å². The molecule has 1 amide bonds. The molecule has 26 heavy (non-hydrogen) atoms. The molecule has 0 saturated carbocycles. The third-order valence-electron chi connectivity index (χ3n) is 4.00. The van der Waals surface area contributed by atoms with Gasteiger partial charge < -0.3 is 14.8 Å². The summed E-state index contributed by atoms with van der Waals surface area (Å²) in [6.07, 6.45) is 1.85. The van der Waals surface area contributed by atoms with Gasteiger partial charge in [0.25, 0.3) is 0 Å². The molecule has 2 rings (SSSR count). The van der Waals surface area contributed by atoms with Crippen LogP contribution < -0.4 is 10.1 Å². The molecule has 0 aliphatic heterocycles. The van der Waals surface area contributed by atoms with Gasteiger partial charge in [0, 0.05) is 6.42 Å². The highest BCUT2D eigenvalue weighted by atomic mass is 16.5. The molecule has 0 aliphatic carbocycles. The number of para-hydroxylation sites is 1. The Morgan fingerprint density at radius 3 is 2.54 bits per heavy atom. The van der Waals surface area contributed by atoms with Crippen LogP contribution >= 0.6 is 0 Å². The van der Waals surface area contributed by atoms with Gasteiger partial charge in [-0.1, -0.05) is 24.3 Å². The molecule has 1 N–H and O–H groups in total. The lowest BCUT2D eigenvalue weighted by atomic mass is 10.1. The number of amides is 1. The smallest absolute Gasteiger partial charge is 0.339 e. The standard InChI is InChI=1S/C21H25NO4/c1-15-8-6-10-17(14-15)26-13-5-4-12-19(23)22-20-16(2)9-7-11-18(20)21(24)25-3/h6-11,14H,4-5,12-13H2,1-3H3,(H,22,23). The quantitative estimate of drug-likeness (QED) is 0.567. The zero-order valence-electron chi connectivity index (χ0n) is 15.5. The molecule has 0 spiro atoms. The molecule has 0 aromatic heterocycles. The van der Waals surface area contributed by atoms with Crippen molar-refractivity contribution < 1.29 is 19.1 Å². The van der Waals surface area contributed by atoms with Crippen LogP contribution in [0.15, 0.2) is 42.5 Å². The average Bonchev–Trinajstić information content (AvgIpc) is 2.62. The van der Waals surface area contributed by atoms with Crippen LogP contribution in [0, 0.1) is 13.8 Å². The van der Waals surface area contributed by atoms with E-state index in [9.17, 15) is 9.59 Å². The number of hydrogen-bond donors (Lipinski definition) is 1. The highest BCUT2D eigenvalue weighted by Crippen LogP contribution is 2.22. The first-order chi connectivity index (χ1) is 12.5. The van der Waals surface area contributed by atoms with E-state index in [1.807, 2.05) is 44.2 Å². The second kappa shape index (κ2) is 9.61. The molecule has 0 atom stereocenters. The molecular weight excluding hydrogens is 330 g/mol. The first kappa shape index (κ1) is 19.5. The van der Waals surface area contributed by atoms with Gasteiger partial charge in [-0.25, -0.2) is 4.79 Å². The van der Waals surface area contributed by atoms with Crippen molar-refractivity contribution in [2.45, 2.75) is 33.1 Å². The molecule has 0 unspecified atom stereocenters. The third-order valence-corrected chi connectivity index (χ3v) is 4.00. The van der Waals surface area contributed by atoms with Gasteiger partial charge in [0.05, 0.1) is 25.0 Å². The molecule has 5 heteroatoms. The van der Waals surface area contributed by atoms with E-state index in [4.69, 9.17) is 9.47 Å². The summed E-state index contributed by atoms with van der Waals surface area (Å²) in [6.45, 7) is 4.43. The summed E-state index contributed by atoms with van der Waals surface area (Å²) >= 11 is 0. The minimum atomic E-state index is -0.462. The van der Waals surface area contributed by atoms with E-state index >= 15 is 0 Å². The highest BCUT2D eigenvalue weighted by Gasteiger charge is 2.15. The van der Waals surface area contributed by atoms with E-state index in [-0.39, 0.29) is 5.91 Å². The number of rotatable bonds is 8. The van der Waals surface area contributed by atoms with Crippen LogP contribution in [0.4, 0.5) is 5.69 Å². The Labute approximate surface area is 154 Å². The molecule has 5 nitrogen and oxygen atoms in total. The molecule has 0 bridgehead atoms. The van der Waals surface area contributed by atoms with Crippen molar-refractivity contribution in [3.05, 3.63) is 59.2 Å². The number of ether oxygens (including phenoxy) is 2. The van der Waals surface area contributed by atoms with Crippen LogP contribution in [0.5, 0.6) is 5.75 Å². The summed E-state index contributed by atoms with van der Waals surface area (Å²) in [4.78, 5) is 24.0. The van der Waals surface area contributed by atoms with Crippen molar-refractivity contribution in [3.63, 3.8) is 0 Å². The maximum absolute atomic E-state index is 12.2. The first-order valence-corrected chi connectivity index (χ1v) is 8.68. The Kier molecular flexibility index (Phi) is 7.21. The van der Waals surface area contributed by atoms with Gasteiger partial charge >= 0.3 is 5.97 Å². The van der Waals surface area contributed by atoms with Gasteiger partial charge in [-0.3, -0.25) is 4.79 Å². The maximum Gasteiger partial charge on any atom is 0.339 e. The molecule has 0 radical (unpaired) electrons. The van der Waals surface area contributed by atoms with E-state index in [1.165, 1.54) is 7.11 Å². The van der Waals surface area contributed by atoms with Crippen molar-refractivity contribution in [2.75, 3.05) is 19.0 Å². The maximum atomic E-state index is 12.2. The SMILES string of the molecule is COC(=O)c1cccc(C)c1NC(=O)CCCCOc1cccc(C)c1. The van der Waals surface area contributed by atoms with Crippen LogP contribution in [-0.2, 0) is 9.53 Å². The largest absolute Gasteiger partial charge is 0.494 e. The van der Waals surface area contributed by atoms with E-state index in [1.54, 1.807) is 12.1 Å². The lowest BCUT2D eigenvalue weighted by molar-refractivity contribution is -0.116. The van der Waals surface area contributed by atoms with Crippen LogP contribution in [-0.4, -0.2) is 25.6 Å². The normalized spacial score (nSPS) is 10.3. The Balaban J connectivity index is 1.80. The Morgan fingerprint density at radius 1 is 1.04 bits per heavy atom. The molecule has 0 heterocycles. The summed E-state index contributed by atoms with van der Waals surface area (Å²) in [7, 11) is 1.32. The summed E-state index contributed by atoms with van der Waals surface area (Å²) in [5.41, 5.74) is 2.86. The monoisotopic (exact) mass is 355 g/mol. The molecule has 2 aromatic rings. The average molecular weight is 355 g/mol. The van der Waals surface area contributed by atoms with E-state index in [2.05, 4.69) is 5.32 Å². The number of hydrogen-bond acceptors (Lipinski definition) is 4. The molecule has 0 aliphatic rings. The zero-order chi connectivity index (χ0) is 18.9. The van der Waals surface area contributed by atoms with Gasteiger partial charge in [0.1, 0.15) is 5.75 Å². The molecular formula is C21H25NO4. The zero-order valence-corrected chi connectivity index (χ0v) is 15.5. The minimum absolute atomic E-state index is 0.125. The number of nitrogens with one attached hydrogen (secondary N) is 1. The number of carbonyl (C=O) groups is 2. The van der Waals surface area contributed by atoms with Crippen LogP contribution in [0.2, 0.25) is 0 Å². The fraction of sp³-hybridized carbons (Fsp3) is 0.333. The van der Waals surface area contributed by atoms with E-state index in [0.29, 0.717) is 30.7 Å². The van der Waals surface area contributed by atoms with Gasteiger partial charge in [-0.2, -0.15) is 0 Å². The van der Waals surface area contributed by atoms with Crippen molar-refractivity contribution in [1.29, 1.82) is 0 Å². The lowest BCUT2D eigenvalue weighted by Crippen LogP contribution is -2.16. The van der Waals surface area contributed by atoms with Crippen LogP contribution in [0.1, 0.15) is 40.7 Å². The van der Waals surface area contributed by atoms with Crippen molar-refractivity contribution in [3.8, 4) is 5.75 Å². The molecule has 0 saturated heterocycles. The fourth-order valence-electron chi connectivity index (χ4n) is 2.60. The molecule has 2 aromatic carbocycles. The second-order valence-corrected chi connectivity index (χ2v) is 6.16. The van der Waals surface area contributed by atoms with Gasteiger partial charge in [-0.05, 0) is 56.0 Å². The van der Waals surface area contributed by atoms with Crippen LogP contribution in [0.3, 0.4) is 0 Å². The number of unbranched alkanes of at least 4 members (excludes halogenated alkanes) is 1.